The number of benzene rings is 6. The highest BCUT2D eigenvalue weighted by atomic mass is 16.3. The molecule has 0 N–H and O–H groups in total. The molecule has 4 aromatic heterocycles. The molecule has 0 fully saturated rings. The number of pyridine rings is 1. The van der Waals surface area contributed by atoms with Crippen molar-refractivity contribution in [2.24, 2.45) is 0 Å². The van der Waals surface area contributed by atoms with Crippen molar-refractivity contribution in [3.05, 3.63) is 145 Å². The standard InChI is InChI=1S/C44H32N4O/c1-44(2,3)29-22-23-45-41(25-29)48-37-14-8-6-12-32(37)33-21-18-30(26-39(33)48)47-38-24-28(43-46-36-13-7-9-15-40(36)49-43)17-19-34(38)35-20-16-27-10-4-5-11-31(27)42(35)47/h4-26H,1-3H3. The van der Waals surface area contributed by atoms with Gasteiger partial charge in [-0.25, -0.2) is 9.97 Å². The Morgan fingerprint density at radius 2 is 1.29 bits per heavy atom. The zero-order valence-corrected chi connectivity index (χ0v) is 27.5. The molecule has 5 nitrogen and oxygen atoms in total. The maximum absolute atomic E-state index is 6.25. The van der Waals surface area contributed by atoms with Crippen LogP contribution in [0.25, 0.3) is 88.4 Å². The minimum atomic E-state index is -0.00194. The molecule has 0 bridgehead atoms. The summed E-state index contributed by atoms with van der Waals surface area (Å²) >= 11 is 0. The predicted molar refractivity (Wildman–Crippen MR) is 202 cm³/mol. The zero-order chi connectivity index (χ0) is 32.9. The van der Waals surface area contributed by atoms with Crippen LogP contribution in [0.3, 0.4) is 0 Å². The number of nitrogens with zero attached hydrogens (tertiary/aromatic N) is 4. The first-order chi connectivity index (χ1) is 23.9. The third-order valence-electron chi connectivity index (χ3n) is 9.95. The second-order valence-corrected chi connectivity index (χ2v) is 13.9. The van der Waals surface area contributed by atoms with Gasteiger partial charge in [0.25, 0.3) is 0 Å². The number of aromatic nitrogens is 4. The molecule has 0 radical (unpaired) electrons. The van der Waals surface area contributed by atoms with Crippen molar-refractivity contribution in [3.63, 3.8) is 0 Å². The van der Waals surface area contributed by atoms with Crippen molar-refractivity contribution in [2.45, 2.75) is 26.2 Å². The van der Waals surface area contributed by atoms with Gasteiger partial charge in [-0.3, -0.25) is 4.57 Å². The van der Waals surface area contributed by atoms with Crippen LogP contribution in [-0.4, -0.2) is 19.1 Å². The van der Waals surface area contributed by atoms with Gasteiger partial charge in [-0.05, 0) is 71.0 Å². The Kier molecular flexibility index (Phi) is 5.77. The highest BCUT2D eigenvalue weighted by Crippen LogP contribution is 2.40. The van der Waals surface area contributed by atoms with Gasteiger partial charge in [-0.15, -0.1) is 0 Å². The van der Waals surface area contributed by atoms with Crippen LogP contribution in [0.1, 0.15) is 26.3 Å². The average Bonchev–Trinajstić information content (AvgIpc) is 3.81. The molecule has 0 saturated heterocycles. The van der Waals surface area contributed by atoms with Crippen LogP contribution in [-0.2, 0) is 5.41 Å². The van der Waals surface area contributed by atoms with Crippen LogP contribution in [0, 0.1) is 0 Å². The first-order valence-corrected chi connectivity index (χ1v) is 16.7. The summed E-state index contributed by atoms with van der Waals surface area (Å²) in [7, 11) is 0. The fraction of sp³-hybridized carbons (Fsp3) is 0.0909. The molecule has 0 spiro atoms. The summed E-state index contributed by atoms with van der Waals surface area (Å²) in [4.78, 5) is 9.78. The molecule has 0 atom stereocenters. The predicted octanol–water partition coefficient (Wildman–Crippen LogP) is 11.5. The lowest BCUT2D eigenvalue weighted by atomic mass is 9.88. The first kappa shape index (κ1) is 27.9. The van der Waals surface area contributed by atoms with Crippen LogP contribution in [0.5, 0.6) is 0 Å². The van der Waals surface area contributed by atoms with Crippen LogP contribution in [0.4, 0.5) is 0 Å². The zero-order valence-electron chi connectivity index (χ0n) is 27.5. The maximum Gasteiger partial charge on any atom is 0.227 e. The van der Waals surface area contributed by atoms with E-state index in [1.165, 1.54) is 43.4 Å². The van der Waals surface area contributed by atoms with E-state index < -0.39 is 0 Å². The number of hydrogen-bond donors (Lipinski definition) is 0. The minimum Gasteiger partial charge on any atom is -0.436 e. The van der Waals surface area contributed by atoms with Crippen molar-refractivity contribution in [1.29, 1.82) is 0 Å². The molecular weight excluding hydrogens is 601 g/mol. The SMILES string of the molecule is CC(C)(C)c1ccnc(-n2c3ccccc3c3ccc(-n4c5cc(-c6nc7ccccc7o6)ccc5c5ccc6ccccc6c54)cc32)c1. The Bertz CT molecular complexity index is 2900. The van der Waals surface area contributed by atoms with E-state index in [1.807, 2.05) is 30.5 Å². The van der Waals surface area contributed by atoms with Crippen molar-refractivity contribution >= 4 is 65.5 Å². The second-order valence-electron chi connectivity index (χ2n) is 13.9. The Balaban J connectivity index is 1.30. The van der Waals surface area contributed by atoms with Crippen LogP contribution in [0.15, 0.2) is 144 Å². The molecule has 0 aliphatic carbocycles. The van der Waals surface area contributed by atoms with Gasteiger partial charge in [-0.2, -0.15) is 0 Å². The summed E-state index contributed by atoms with van der Waals surface area (Å²) in [6, 6.07) is 47.5. The van der Waals surface area contributed by atoms with Gasteiger partial charge >= 0.3 is 0 Å². The molecule has 10 aromatic rings. The van der Waals surface area contributed by atoms with Crippen molar-refractivity contribution in [2.75, 3.05) is 0 Å². The molecule has 0 aliphatic heterocycles. The summed E-state index contributed by atoms with van der Waals surface area (Å²) in [5.41, 5.74) is 9.43. The van der Waals surface area contributed by atoms with Crippen LogP contribution in [0.2, 0.25) is 0 Å². The summed E-state index contributed by atoms with van der Waals surface area (Å²) < 4.78 is 11.0. The van der Waals surface area contributed by atoms with E-state index in [2.05, 4.69) is 139 Å². The van der Waals surface area contributed by atoms with Gasteiger partial charge in [-0.1, -0.05) is 99.6 Å². The van der Waals surface area contributed by atoms with Gasteiger partial charge in [0.05, 0.1) is 22.1 Å². The van der Waals surface area contributed by atoms with E-state index in [0.717, 1.165) is 44.7 Å². The highest BCUT2D eigenvalue weighted by Gasteiger charge is 2.21. The molecule has 4 heterocycles. The maximum atomic E-state index is 6.25. The average molecular weight is 633 g/mol. The lowest BCUT2D eigenvalue weighted by Crippen LogP contribution is -2.12. The first-order valence-electron chi connectivity index (χ1n) is 16.7. The molecule has 5 heteroatoms. The van der Waals surface area contributed by atoms with Crippen molar-refractivity contribution in [3.8, 4) is 23.0 Å². The number of para-hydroxylation sites is 3. The van der Waals surface area contributed by atoms with E-state index in [0.29, 0.717) is 5.89 Å². The van der Waals surface area contributed by atoms with E-state index in [9.17, 15) is 0 Å². The summed E-state index contributed by atoms with van der Waals surface area (Å²) in [6.45, 7) is 6.74. The van der Waals surface area contributed by atoms with Gasteiger partial charge in [0.2, 0.25) is 5.89 Å². The van der Waals surface area contributed by atoms with Gasteiger partial charge in [0.1, 0.15) is 11.3 Å². The molecule has 0 amide bonds. The molecular formula is C44H32N4O. The molecule has 10 rings (SSSR count). The quantitative estimate of drug-likeness (QED) is 0.195. The normalized spacial score (nSPS) is 12.4. The third-order valence-corrected chi connectivity index (χ3v) is 9.95. The largest absolute Gasteiger partial charge is 0.436 e. The Hall–Kier alpha value is -6.20. The molecule has 0 unspecified atom stereocenters. The highest BCUT2D eigenvalue weighted by molar-refractivity contribution is 6.19. The molecule has 0 aliphatic rings. The van der Waals surface area contributed by atoms with E-state index >= 15 is 0 Å². The van der Waals surface area contributed by atoms with Crippen LogP contribution >= 0.6 is 0 Å². The number of oxazole rings is 1. The topological polar surface area (TPSA) is 48.8 Å². The van der Waals surface area contributed by atoms with Gasteiger partial charge < -0.3 is 8.98 Å². The summed E-state index contributed by atoms with van der Waals surface area (Å²) in [5, 5.41) is 7.20. The summed E-state index contributed by atoms with van der Waals surface area (Å²) in [6.07, 6.45) is 1.94. The summed E-state index contributed by atoms with van der Waals surface area (Å²) in [5.74, 6) is 1.53. The molecule has 234 valence electrons. The van der Waals surface area contributed by atoms with Crippen molar-refractivity contribution < 1.29 is 4.42 Å². The van der Waals surface area contributed by atoms with Crippen LogP contribution < -0.4 is 0 Å². The number of fused-ring (bicyclic) bond motifs is 9. The monoisotopic (exact) mass is 632 g/mol. The van der Waals surface area contributed by atoms with Crippen molar-refractivity contribution in [1.82, 2.24) is 19.1 Å². The molecule has 6 aromatic carbocycles. The Morgan fingerprint density at radius 3 is 2.16 bits per heavy atom. The fourth-order valence-corrected chi connectivity index (χ4v) is 7.53. The number of rotatable bonds is 3. The lowest BCUT2D eigenvalue weighted by Gasteiger charge is -2.20. The smallest absolute Gasteiger partial charge is 0.227 e. The Labute approximate surface area is 282 Å². The van der Waals surface area contributed by atoms with Gasteiger partial charge in [0, 0.05) is 44.4 Å². The number of hydrogen-bond acceptors (Lipinski definition) is 3. The third kappa shape index (κ3) is 4.18. The fourth-order valence-electron chi connectivity index (χ4n) is 7.53. The van der Waals surface area contributed by atoms with Gasteiger partial charge in [0.15, 0.2) is 5.58 Å². The van der Waals surface area contributed by atoms with E-state index in [4.69, 9.17) is 14.4 Å². The molecule has 0 saturated carbocycles. The Morgan fingerprint density at radius 1 is 0.571 bits per heavy atom. The molecule has 49 heavy (non-hydrogen) atoms. The van der Waals surface area contributed by atoms with E-state index in [1.54, 1.807) is 0 Å². The van der Waals surface area contributed by atoms with E-state index in [-0.39, 0.29) is 5.41 Å². The second kappa shape index (κ2) is 10.1. The lowest BCUT2D eigenvalue weighted by molar-refractivity contribution is 0.588. The minimum absolute atomic E-state index is 0.00194.